The molecule has 2 aromatic carbocycles. The minimum absolute atomic E-state index is 0.158. The lowest BCUT2D eigenvalue weighted by atomic mass is 10.1. The van der Waals surface area contributed by atoms with Gasteiger partial charge in [0.1, 0.15) is 11.4 Å². The van der Waals surface area contributed by atoms with Gasteiger partial charge in [-0.1, -0.05) is 18.2 Å². The van der Waals surface area contributed by atoms with Crippen molar-refractivity contribution in [3.63, 3.8) is 0 Å². The van der Waals surface area contributed by atoms with E-state index in [0.717, 1.165) is 22.0 Å². The zero-order valence-electron chi connectivity index (χ0n) is 15.9. The molecule has 0 saturated heterocycles. The topological polar surface area (TPSA) is 69.0 Å². The van der Waals surface area contributed by atoms with Crippen molar-refractivity contribution in [3.8, 4) is 22.7 Å². The fourth-order valence-electron chi connectivity index (χ4n) is 2.97. The summed E-state index contributed by atoms with van der Waals surface area (Å²) in [6.45, 7) is 0.519. The first kappa shape index (κ1) is 18.9. The standard InChI is InChI=1S/C22H20N4O2S/c1-28-18-9-7-16(8-10-18)21-19(15-26(25-21)17-5-3-2-4-6-17)22(27)24-12-11-20-23-13-14-29-20/h2-10,13-15H,11-12H2,1H3,(H,24,27). The van der Waals surface area contributed by atoms with Gasteiger partial charge in [0.25, 0.3) is 5.91 Å². The lowest BCUT2D eigenvalue weighted by Gasteiger charge is -2.05. The van der Waals surface area contributed by atoms with E-state index in [1.807, 2.05) is 60.0 Å². The maximum absolute atomic E-state index is 12.9. The molecular formula is C22H20N4O2S. The lowest BCUT2D eigenvalue weighted by Crippen LogP contribution is -2.25. The van der Waals surface area contributed by atoms with Crippen LogP contribution < -0.4 is 10.1 Å². The van der Waals surface area contributed by atoms with Crippen LogP contribution in [0.25, 0.3) is 16.9 Å². The summed E-state index contributed by atoms with van der Waals surface area (Å²) in [6, 6.07) is 17.3. The van der Waals surface area contributed by atoms with Gasteiger partial charge < -0.3 is 10.1 Å². The van der Waals surface area contributed by atoms with Gasteiger partial charge in [-0.15, -0.1) is 11.3 Å². The van der Waals surface area contributed by atoms with Crippen LogP contribution in [-0.2, 0) is 6.42 Å². The van der Waals surface area contributed by atoms with Crippen LogP contribution in [0.4, 0.5) is 0 Å². The highest BCUT2D eigenvalue weighted by atomic mass is 32.1. The fraction of sp³-hybridized carbons (Fsp3) is 0.136. The Morgan fingerprint density at radius 1 is 1.14 bits per heavy atom. The molecule has 4 rings (SSSR count). The molecule has 0 spiro atoms. The Balaban J connectivity index is 1.62. The van der Waals surface area contributed by atoms with Gasteiger partial charge in [-0.05, 0) is 36.4 Å². The summed E-state index contributed by atoms with van der Waals surface area (Å²) in [4.78, 5) is 17.2. The fourth-order valence-corrected chi connectivity index (χ4v) is 3.59. The summed E-state index contributed by atoms with van der Waals surface area (Å²) in [7, 11) is 1.63. The average molecular weight is 404 g/mol. The van der Waals surface area contributed by atoms with E-state index in [2.05, 4.69) is 15.4 Å². The Labute approximate surface area is 172 Å². The molecule has 0 aliphatic carbocycles. The Bertz CT molecular complexity index is 1070. The molecule has 29 heavy (non-hydrogen) atoms. The number of benzene rings is 2. The third-order valence-corrected chi connectivity index (χ3v) is 5.29. The Morgan fingerprint density at radius 3 is 2.62 bits per heavy atom. The van der Waals surface area contributed by atoms with Crippen molar-refractivity contribution in [3.05, 3.63) is 82.9 Å². The second kappa shape index (κ2) is 8.70. The first-order valence-corrected chi connectivity index (χ1v) is 10.1. The molecule has 0 unspecified atom stereocenters. The molecule has 0 fully saturated rings. The molecule has 0 saturated carbocycles. The molecule has 1 amide bonds. The number of hydrogen-bond donors (Lipinski definition) is 1. The smallest absolute Gasteiger partial charge is 0.255 e. The maximum Gasteiger partial charge on any atom is 0.255 e. The van der Waals surface area contributed by atoms with Crippen LogP contribution in [0.3, 0.4) is 0 Å². The summed E-state index contributed by atoms with van der Waals surface area (Å²) in [5.41, 5.74) is 2.90. The number of hydrogen-bond acceptors (Lipinski definition) is 5. The van der Waals surface area contributed by atoms with Crippen molar-refractivity contribution in [1.82, 2.24) is 20.1 Å². The number of carbonyl (C=O) groups is 1. The number of amides is 1. The highest BCUT2D eigenvalue weighted by molar-refractivity contribution is 7.09. The van der Waals surface area contributed by atoms with Gasteiger partial charge in [-0.25, -0.2) is 9.67 Å². The van der Waals surface area contributed by atoms with Gasteiger partial charge in [0.2, 0.25) is 0 Å². The predicted octanol–water partition coefficient (Wildman–Crippen LogP) is 3.98. The first-order chi connectivity index (χ1) is 14.2. The largest absolute Gasteiger partial charge is 0.497 e. The Hall–Kier alpha value is -3.45. The van der Waals surface area contributed by atoms with Crippen molar-refractivity contribution in [2.24, 2.45) is 0 Å². The van der Waals surface area contributed by atoms with E-state index in [1.165, 1.54) is 0 Å². The third kappa shape index (κ3) is 4.35. The van der Waals surface area contributed by atoms with Crippen LogP contribution in [0.2, 0.25) is 0 Å². The van der Waals surface area contributed by atoms with Gasteiger partial charge in [-0.2, -0.15) is 5.10 Å². The number of nitrogens with one attached hydrogen (secondary N) is 1. The molecule has 0 radical (unpaired) electrons. The van der Waals surface area contributed by atoms with Crippen LogP contribution in [0, 0.1) is 0 Å². The number of rotatable bonds is 7. The maximum atomic E-state index is 12.9. The third-order valence-electron chi connectivity index (χ3n) is 4.45. The molecule has 146 valence electrons. The molecule has 2 heterocycles. The molecule has 0 aliphatic heterocycles. The van der Waals surface area contributed by atoms with Gasteiger partial charge in [0.15, 0.2) is 0 Å². The lowest BCUT2D eigenvalue weighted by molar-refractivity contribution is 0.0955. The number of ether oxygens (including phenoxy) is 1. The van der Waals surface area contributed by atoms with Crippen LogP contribution in [0.15, 0.2) is 72.4 Å². The predicted molar refractivity (Wildman–Crippen MR) is 114 cm³/mol. The SMILES string of the molecule is COc1ccc(-c2nn(-c3ccccc3)cc2C(=O)NCCc2nccs2)cc1. The molecule has 0 bridgehead atoms. The van der Waals surface area contributed by atoms with Gasteiger partial charge in [-0.3, -0.25) is 4.79 Å². The Morgan fingerprint density at radius 2 is 1.93 bits per heavy atom. The van der Waals surface area contributed by atoms with Crippen molar-refractivity contribution in [2.75, 3.05) is 13.7 Å². The van der Waals surface area contributed by atoms with E-state index in [4.69, 9.17) is 4.74 Å². The van der Waals surface area contributed by atoms with E-state index in [1.54, 1.807) is 35.5 Å². The molecule has 4 aromatic rings. The summed E-state index contributed by atoms with van der Waals surface area (Å²) in [5, 5.41) is 10.6. The molecule has 6 nitrogen and oxygen atoms in total. The summed E-state index contributed by atoms with van der Waals surface area (Å²) in [6.07, 6.45) is 4.25. The summed E-state index contributed by atoms with van der Waals surface area (Å²) in [5.74, 6) is 0.597. The van der Waals surface area contributed by atoms with E-state index in [0.29, 0.717) is 24.2 Å². The minimum Gasteiger partial charge on any atom is -0.497 e. The highest BCUT2D eigenvalue weighted by Gasteiger charge is 2.18. The van der Waals surface area contributed by atoms with Gasteiger partial charge in [0.05, 0.1) is 23.4 Å². The van der Waals surface area contributed by atoms with Crippen molar-refractivity contribution in [1.29, 1.82) is 0 Å². The number of methoxy groups -OCH3 is 1. The monoisotopic (exact) mass is 404 g/mol. The minimum atomic E-state index is -0.158. The average Bonchev–Trinajstić information content (AvgIpc) is 3.45. The molecule has 7 heteroatoms. The van der Waals surface area contributed by atoms with Crippen LogP contribution in [0.1, 0.15) is 15.4 Å². The van der Waals surface area contributed by atoms with Crippen LogP contribution in [-0.4, -0.2) is 34.3 Å². The van der Waals surface area contributed by atoms with Crippen molar-refractivity contribution in [2.45, 2.75) is 6.42 Å². The second-order valence-corrected chi connectivity index (χ2v) is 7.31. The number of para-hydroxylation sites is 1. The molecule has 2 aromatic heterocycles. The van der Waals surface area contributed by atoms with Gasteiger partial charge in [0, 0.05) is 36.3 Å². The summed E-state index contributed by atoms with van der Waals surface area (Å²) >= 11 is 1.58. The van der Waals surface area contributed by atoms with Crippen molar-refractivity contribution < 1.29 is 9.53 Å². The van der Waals surface area contributed by atoms with Gasteiger partial charge >= 0.3 is 0 Å². The van der Waals surface area contributed by atoms with Crippen molar-refractivity contribution >= 4 is 17.2 Å². The zero-order valence-corrected chi connectivity index (χ0v) is 16.7. The van der Waals surface area contributed by atoms with Crippen LogP contribution in [0.5, 0.6) is 5.75 Å². The second-order valence-electron chi connectivity index (χ2n) is 6.33. The molecule has 0 aliphatic rings. The Kier molecular flexibility index (Phi) is 5.67. The molecule has 1 N–H and O–H groups in total. The van der Waals surface area contributed by atoms with E-state index in [9.17, 15) is 4.79 Å². The molecule has 0 atom stereocenters. The number of nitrogens with zero attached hydrogens (tertiary/aromatic N) is 3. The number of carbonyl (C=O) groups excluding carboxylic acids is 1. The first-order valence-electron chi connectivity index (χ1n) is 9.20. The van der Waals surface area contributed by atoms with E-state index < -0.39 is 0 Å². The normalized spacial score (nSPS) is 10.7. The summed E-state index contributed by atoms with van der Waals surface area (Å²) < 4.78 is 6.97. The van der Waals surface area contributed by atoms with Crippen LogP contribution >= 0.6 is 11.3 Å². The zero-order chi connectivity index (χ0) is 20.1. The quantitative estimate of drug-likeness (QED) is 0.506. The molecular weight excluding hydrogens is 384 g/mol. The van der Waals surface area contributed by atoms with E-state index in [-0.39, 0.29) is 5.91 Å². The van der Waals surface area contributed by atoms with E-state index >= 15 is 0 Å². The highest BCUT2D eigenvalue weighted by Crippen LogP contribution is 2.26. The number of thiazole rings is 1. The number of aromatic nitrogens is 3.